The first-order chi connectivity index (χ1) is 7.43. The quantitative estimate of drug-likeness (QED) is 0.879. The van der Waals surface area contributed by atoms with Crippen LogP contribution in [0.1, 0.15) is 25.6 Å². The molecule has 0 fully saturated rings. The molecule has 4 nitrogen and oxygen atoms in total. The van der Waals surface area contributed by atoms with Gasteiger partial charge in [-0.2, -0.15) is 4.31 Å². The van der Waals surface area contributed by atoms with E-state index < -0.39 is 10.0 Å². The van der Waals surface area contributed by atoms with Crippen molar-refractivity contribution in [2.24, 2.45) is 0 Å². The summed E-state index contributed by atoms with van der Waals surface area (Å²) in [4.78, 5) is 0.940. The van der Waals surface area contributed by atoms with Gasteiger partial charge in [-0.15, -0.1) is 11.3 Å². The van der Waals surface area contributed by atoms with Gasteiger partial charge in [-0.05, 0) is 19.9 Å². The summed E-state index contributed by atoms with van der Waals surface area (Å²) < 4.78 is 25.8. The largest absolute Gasteiger partial charge is 0.391 e. The molecule has 16 heavy (non-hydrogen) atoms. The molecule has 0 aromatic carbocycles. The summed E-state index contributed by atoms with van der Waals surface area (Å²) >= 11 is 1.26. The fourth-order valence-electron chi connectivity index (χ4n) is 1.53. The highest BCUT2D eigenvalue weighted by molar-refractivity contribution is 7.89. The van der Waals surface area contributed by atoms with E-state index >= 15 is 0 Å². The van der Waals surface area contributed by atoms with E-state index in [1.165, 1.54) is 21.7 Å². The van der Waals surface area contributed by atoms with Crippen LogP contribution in [-0.2, 0) is 16.6 Å². The van der Waals surface area contributed by atoms with Gasteiger partial charge in [0.2, 0.25) is 10.0 Å². The Kier molecular flexibility index (Phi) is 4.49. The molecule has 1 aromatic rings. The first-order valence-corrected chi connectivity index (χ1v) is 7.45. The molecular weight excluding hydrogens is 246 g/mol. The number of rotatable bonds is 5. The van der Waals surface area contributed by atoms with Crippen LogP contribution >= 0.6 is 11.3 Å². The fourth-order valence-corrected chi connectivity index (χ4v) is 4.29. The third kappa shape index (κ3) is 2.63. The number of sulfonamides is 1. The Morgan fingerprint density at radius 1 is 1.50 bits per heavy atom. The van der Waals surface area contributed by atoms with Crippen LogP contribution in [0.15, 0.2) is 16.3 Å². The lowest BCUT2D eigenvalue weighted by atomic mass is 10.4. The molecule has 1 aromatic heterocycles. The van der Waals surface area contributed by atoms with Gasteiger partial charge >= 0.3 is 0 Å². The molecule has 1 rings (SSSR count). The maximum Gasteiger partial charge on any atom is 0.244 e. The average molecular weight is 263 g/mol. The molecule has 1 heterocycles. The number of hydrogen-bond donors (Lipinski definition) is 1. The summed E-state index contributed by atoms with van der Waals surface area (Å²) in [5.41, 5.74) is 0. The number of nitrogens with zero attached hydrogens (tertiary/aromatic N) is 1. The van der Waals surface area contributed by atoms with Crippen LogP contribution in [0.3, 0.4) is 0 Å². The van der Waals surface area contributed by atoms with Crippen molar-refractivity contribution in [2.45, 2.75) is 38.3 Å². The Morgan fingerprint density at radius 3 is 2.50 bits per heavy atom. The van der Waals surface area contributed by atoms with Crippen molar-refractivity contribution in [3.63, 3.8) is 0 Å². The average Bonchev–Trinajstić information content (AvgIpc) is 2.66. The Hall–Kier alpha value is -0.430. The highest BCUT2D eigenvalue weighted by Crippen LogP contribution is 2.23. The lowest BCUT2D eigenvalue weighted by Crippen LogP contribution is -2.36. The van der Waals surface area contributed by atoms with Crippen molar-refractivity contribution in [2.75, 3.05) is 6.54 Å². The van der Waals surface area contributed by atoms with E-state index in [2.05, 4.69) is 0 Å². The van der Waals surface area contributed by atoms with Crippen molar-refractivity contribution in [1.82, 2.24) is 4.31 Å². The fraction of sp³-hybridized carbons (Fsp3) is 0.600. The highest BCUT2D eigenvalue weighted by atomic mass is 32.2. The third-order valence-electron chi connectivity index (χ3n) is 2.28. The zero-order valence-electron chi connectivity index (χ0n) is 9.67. The Labute approximate surface area is 101 Å². The predicted molar refractivity (Wildman–Crippen MR) is 64.9 cm³/mol. The third-order valence-corrected chi connectivity index (χ3v) is 5.48. The molecule has 0 bridgehead atoms. The van der Waals surface area contributed by atoms with E-state index in [1.807, 2.05) is 20.8 Å². The molecule has 0 aliphatic carbocycles. The first kappa shape index (κ1) is 13.6. The number of thiophene rings is 1. The maximum absolute atomic E-state index is 12.2. The van der Waals surface area contributed by atoms with E-state index in [1.54, 1.807) is 5.38 Å². The standard InChI is InChI=1S/C10H17NO3S2/c1-4-11(8(2)3)16(13,14)10-5-9(6-12)15-7-10/h5,7-8,12H,4,6H2,1-3H3. The molecule has 0 radical (unpaired) electrons. The number of aliphatic hydroxyl groups excluding tert-OH is 1. The lowest BCUT2D eigenvalue weighted by molar-refractivity contribution is 0.285. The minimum Gasteiger partial charge on any atom is -0.391 e. The van der Waals surface area contributed by atoms with Gasteiger partial charge in [0.1, 0.15) is 0 Å². The van der Waals surface area contributed by atoms with Crippen molar-refractivity contribution in [1.29, 1.82) is 0 Å². The molecule has 92 valence electrons. The molecular formula is C10H17NO3S2. The molecule has 6 heteroatoms. The molecule has 0 spiro atoms. The summed E-state index contributed by atoms with van der Waals surface area (Å²) in [6.07, 6.45) is 0. The summed E-state index contributed by atoms with van der Waals surface area (Å²) in [5, 5.41) is 10.5. The second-order valence-electron chi connectivity index (χ2n) is 3.71. The monoisotopic (exact) mass is 263 g/mol. The van der Waals surface area contributed by atoms with Crippen LogP contribution in [0, 0.1) is 0 Å². The van der Waals surface area contributed by atoms with E-state index in [-0.39, 0.29) is 17.5 Å². The van der Waals surface area contributed by atoms with Gasteiger partial charge in [0, 0.05) is 22.8 Å². The van der Waals surface area contributed by atoms with E-state index in [4.69, 9.17) is 5.11 Å². The lowest BCUT2D eigenvalue weighted by Gasteiger charge is -2.23. The Morgan fingerprint density at radius 2 is 2.12 bits per heavy atom. The molecule has 0 amide bonds. The van der Waals surface area contributed by atoms with Crippen molar-refractivity contribution in [3.05, 3.63) is 16.3 Å². The SMILES string of the molecule is CCN(C(C)C)S(=O)(=O)c1csc(CO)c1. The maximum atomic E-state index is 12.2. The van der Waals surface area contributed by atoms with Gasteiger partial charge in [0.15, 0.2) is 0 Å². The van der Waals surface area contributed by atoms with Gasteiger partial charge in [0.25, 0.3) is 0 Å². The smallest absolute Gasteiger partial charge is 0.244 e. The summed E-state index contributed by atoms with van der Waals surface area (Å²) in [7, 11) is -3.41. The van der Waals surface area contributed by atoms with Gasteiger partial charge in [-0.1, -0.05) is 6.92 Å². The van der Waals surface area contributed by atoms with Gasteiger partial charge < -0.3 is 5.11 Å². The van der Waals surface area contributed by atoms with E-state index in [9.17, 15) is 8.42 Å². The molecule has 0 saturated heterocycles. The number of hydrogen-bond acceptors (Lipinski definition) is 4. The molecule has 1 N–H and O–H groups in total. The topological polar surface area (TPSA) is 57.6 Å². The highest BCUT2D eigenvalue weighted by Gasteiger charge is 2.26. The summed E-state index contributed by atoms with van der Waals surface area (Å²) in [6.45, 7) is 5.84. The molecule has 0 saturated carbocycles. The number of aliphatic hydroxyl groups is 1. The van der Waals surface area contributed by atoms with Crippen LogP contribution in [0.25, 0.3) is 0 Å². The Balaban J connectivity index is 3.09. The van der Waals surface area contributed by atoms with Crippen LogP contribution in [-0.4, -0.2) is 30.4 Å². The minimum absolute atomic E-state index is 0.0625. The van der Waals surface area contributed by atoms with Crippen molar-refractivity contribution in [3.8, 4) is 0 Å². The van der Waals surface area contributed by atoms with E-state index in [0.29, 0.717) is 11.4 Å². The van der Waals surface area contributed by atoms with Gasteiger partial charge in [-0.3, -0.25) is 0 Å². The van der Waals surface area contributed by atoms with Crippen LogP contribution in [0.2, 0.25) is 0 Å². The van der Waals surface area contributed by atoms with Crippen molar-refractivity contribution < 1.29 is 13.5 Å². The summed E-state index contributed by atoms with van der Waals surface area (Å²) in [5.74, 6) is 0. The van der Waals surface area contributed by atoms with Gasteiger partial charge in [0.05, 0.1) is 11.5 Å². The molecule has 0 aliphatic heterocycles. The van der Waals surface area contributed by atoms with Crippen LogP contribution < -0.4 is 0 Å². The normalized spacial score (nSPS) is 12.6. The predicted octanol–water partition coefficient (Wildman–Crippen LogP) is 1.66. The summed E-state index contributed by atoms with van der Waals surface area (Å²) in [6, 6.07) is 1.47. The molecule has 0 atom stereocenters. The zero-order valence-corrected chi connectivity index (χ0v) is 11.3. The van der Waals surface area contributed by atoms with Crippen LogP contribution in [0.5, 0.6) is 0 Å². The first-order valence-electron chi connectivity index (χ1n) is 5.13. The minimum atomic E-state index is -3.41. The van der Waals surface area contributed by atoms with Gasteiger partial charge in [-0.25, -0.2) is 8.42 Å². The molecule has 0 aliphatic rings. The second-order valence-corrected chi connectivity index (χ2v) is 6.60. The Bertz CT molecular complexity index is 437. The molecule has 0 unspecified atom stereocenters. The zero-order chi connectivity index (χ0) is 12.3. The van der Waals surface area contributed by atoms with Crippen LogP contribution in [0.4, 0.5) is 0 Å². The second kappa shape index (κ2) is 5.27. The van der Waals surface area contributed by atoms with E-state index in [0.717, 1.165) is 0 Å². The van der Waals surface area contributed by atoms with Crippen molar-refractivity contribution >= 4 is 21.4 Å².